The second-order valence-corrected chi connectivity index (χ2v) is 12.0. The Morgan fingerprint density at radius 3 is 2.33 bits per heavy atom. The number of hydrogen-bond donors (Lipinski definition) is 1. The lowest BCUT2D eigenvalue weighted by Crippen LogP contribution is -2.48. The molecule has 210 valence electrons. The first-order chi connectivity index (χ1) is 19.2. The molecule has 1 N–H and O–H groups in total. The SMILES string of the molecule is N#CCCN(CCC#N)S(=O)(=O)c1ccc(C(=O)NCCN2CCN(c3nc4c(F)cc(F)cc4s3)CC2)cc1. The van der Waals surface area contributed by atoms with Crippen LogP contribution in [0, 0.1) is 34.3 Å². The van der Waals surface area contributed by atoms with Gasteiger partial charge in [-0.2, -0.15) is 14.8 Å². The summed E-state index contributed by atoms with van der Waals surface area (Å²) in [7, 11) is -3.91. The van der Waals surface area contributed by atoms with Gasteiger partial charge in [-0.3, -0.25) is 9.69 Å². The van der Waals surface area contributed by atoms with Crippen molar-refractivity contribution in [3.63, 3.8) is 0 Å². The van der Waals surface area contributed by atoms with E-state index in [1.54, 1.807) is 0 Å². The summed E-state index contributed by atoms with van der Waals surface area (Å²) in [6.45, 7) is 3.71. The molecule has 10 nitrogen and oxygen atoms in total. The van der Waals surface area contributed by atoms with Gasteiger partial charge in [0.15, 0.2) is 10.9 Å². The molecule has 0 saturated carbocycles. The van der Waals surface area contributed by atoms with Crippen molar-refractivity contribution in [2.24, 2.45) is 0 Å². The molecule has 0 radical (unpaired) electrons. The van der Waals surface area contributed by atoms with Crippen LogP contribution in [0.25, 0.3) is 10.2 Å². The highest BCUT2D eigenvalue weighted by atomic mass is 32.2. The normalized spacial score (nSPS) is 14.3. The lowest BCUT2D eigenvalue weighted by atomic mass is 10.2. The molecule has 2 aromatic carbocycles. The third-order valence-electron chi connectivity index (χ3n) is 6.46. The monoisotopic (exact) mass is 587 g/mol. The number of nitriles is 2. The Morgan fingerprint density at radius 2 is 1.70 bits per heavy atom. The van der Waals surface area contributed by atoms with Crippen LogP contribution in [0.15, 0.2) is 41.3 Å². The molecule has 0 bridgehead atoms. The van der Waals surface area contributed by atoms with Crippen molar-refractivity contribution in [2.75, 3.05) is 57.3 Å². The molecule has 1 amide bonds. The molecule has 3 aromatic rings. The molecule has 14 heteroatoms. The van der Waals surface area contributed by atoms with E-state index >= 15 is 0 Å². The minimum atomic E-state index is -3.91. The van der Waals surface area contributed by atoms with Crippen molar-refractivity contribution in [2.45, 2.75) is 17.7 Å². The van der Waals surface area contributed by atoms with Gasteiger partial charge < -0.3 is 10.2 Å². The maximum absolute atomic E-state index is 14.0. The topological polar surface area (TPSA) is 133 Å². The van der Waals surface area contributed by atoms with E-state index in [1.807, 2.05) is 17.0 Å². The highest BCUT2D eigenvalue weighted by Crippen LogP contribution is 2.31. The summed E-state index contributed by atoms with van der Waals surface area (Å²) in [6, 6.07) is 11.5. The number of carbonyl (C=O) groups excluding carboxylic acids is 1. The van der Waals surface area contributed by atoms with E-state index in [0.717, 1.165) is 10.4 Å². The van der Waals surface area contributed by atoms with Crippen LogP contribution in [0.4, 0.5) is 13.9 Å². The van der Waals surface area contributed by atoms with E-state index in [0.29, 0.717) is 54.7 Å². The Labute approximate surface area is 235 Å². The molecule has 40 heavy (non-hydrogen) atoms. The Morgan fingerprint density at radius 1 is 1.05 bits per heavy atom. The smallest absolute Gasteiger partial charge is 0.251 e. The van der Waals surface area contributed by atoms with Gasteiger partial charge in [0, 0.05) is 76.8 Å². The molecule has 2 heterocycles. The predicted molar refractivity (Wildman–Crippen MR) is 146 cm³/mol. The van der Waals surface area contributed by atoms with Gasteiger partial charge in [0.1, 0.15) is 11.3 Å². The third kappa shape index (κ3) is 6.89. The van der Waals surface area contributed by atoms with Gasteiger partial charge in [-0.25, -0.2) is 22.2 Å². The second kappa shape index (κ2) is 13.1. The number of fused-ring (bicyclic) bond motifs is 1. The maximum Gasteiger partial charge on any atom is 0.251 e. The van der Waals surface area contributed by atoms with Crippen molar-refractivity contribution < 1.29 is 22.0 Å². The van der Waals surface area contributed by atoms with E-state index in [-0.39, 0.29) is 42.3 Å². The van der Waals surface area contributed by atoms with Crippen LogP contribution in [0.5, 0.6) is 0 Å². The molecular weight excluding hydrogens is 560 g/mol. The summed E-state index contributed by atoms with van der Waals surface area (Å²) in [5.41, 5.74) is 0.483. The zero-order valence-electron chi connectivity index (χ0n) is 21.5. The molecule has 0 spiro atoms. The average molecular weight is 588 g/mol. The first-order valence-corrected chi connectivity index (χ1v) is 14.8. The Bertz CT molecular complexity index is 1520. The number of nitrogens with one attached hydrogen (secondary N) is 1. The number of hydrogen-bond acceptors (Lipinski definition) is 9. The lowest BCUT2D eigenvalue weighted by Gasteiger charge is -2.34. The summed E-state index contributed by atoms with van der Waals surface area (Å²) in [4.78, 5) is 21.1. The third-order valence-corrected chi connectivity index (χ3v) is 9.43. The lowest BCUT2D eigenvalue weighted by molar-refractivity contribution is 0.0947. The van der Waals surface area contributed by atoms with Gasteiger partial charge in [-0.1, -0.05) is 11.3 Å². The zero-order chi connectivity index (χ0) is 28.7. The van der Waals surface area contributed by atoms with Crippen LogP contribution in [0.2, 0.25) is 0 Å². The first kappa shape index (κ1) is 29.3. The fourth-order valence-electron chi connectivity index (χ4n) is 4.30. The van der Waals surface area contributed by atoms with E-state index in [9.17, 15) is 22.0 Å². The summed E-state index contributed by atoms with van der Waals surface area (Å²) in [5, 5.41) is 21.1. The number of amides is 1. The zero-order valence-corrected chi connectivity index (χ0v) is 23.1. The average Bonchev–Trinajstić information content (AvgIpc) is 3.38. The summed E-state index contributed by atoms with van der Waals surface area (Å²) in [5.74, 6) is -1.63. The van der Waals surface area contributed by atoms with Gasteiger partial charge in [-0.15, -0.1) is 0 Å². The van der Waals surface area contributed by atoms with Gasteiger partial charge in [0.25, 0.3) is 5.91 Å². The van der Waals surface area contributed by atoms with E-state index in [2.05, 4.69) is 15.2 Å². The first-order valence-electron chi connectivity index (χ1n) is 12.6. The van der Waals surface area contributed by atoms with Crippen LogP contribution in [-0.4, -0.2) is 80.9 Å². The van der Waals surface area contributed by atoms with Crippen LogP contribution >= 0.6 is 11.3 Å². The van der Waals surface area contributed by atoms with Crippen molar-refractivity contribution in [1.29, 1.82) is 10.5 Å². The maximum atomic E-state index is 14.0. The highest BCUT2D eigenvalue weighted by molar-refractivity contribution is 7.89. The summed E-state index contributed by atoms with van der Waals surface area (Å²) in [6.07, 6.45) is 0.00671. The van der Waals surface area contributed by atoms with E-state index in [1.165, 1.54) is 41.7 Å². The molecule has 1 fully saturated rings. The summed E-state index contributed by atoms with van der Waals surface area (Å²) >= 11 is 1.26. The molecule has 4 rings (SSSR count). The number of halogens is 2. The minimum absolute atomic E-state index is 0.00336. The van der Waals surface area contributed by atoms with Crippen LogP contribution in [0.1, 0.15) is 23.2 Å². The largest absolute Gasteiger partial charge is 0.351 e. The number of aromatic nitrogens is 1. The quantitative estimate of drug-likeness (QED) is 0.362. The van der Waals surface area contributed by atoms with Gasteiger partial charge in [0.05, 0.1) is 21.7 Å². The minimum Gasteiger partial charge on any atom is -0.351 e. The number of carbonyl (C=O) groups is 1. The summed E-state index contributed by atoms with van der Waals surface area (Å²) < 4.78 is 54.9. The van der Waals surface area contributed by atoms with E-state index in [4.69, 9.17) is 10.5 Å². The number of sulfonamides is 1. The molecule has 0 aliphatic carbocycles. The van der Waals surface area contributed by atoms with Crippen LogP contribution in [-0.2, 0) is 10.0 Å². The molecule has 1 aliphatic rings. The standard InChI is InChI=1S/C26H27F2N7O3S2/c27-20-17-22(28)24-23(18-20)39-26(32-24)34-15-13-33(14-16-34)12-9-31-25(36)19-3-5-21(6-4-19)40(37,38)35(10-1-7-29)11-2-8-30/h3-6,17-18H,1-2,9-16H2,(H,31,36). The molecule has 1 saturated heterocycles. The number of thiazole rings is 1. The molecular formula is C26H27F2N7O3S2. The molecule has 0 atom stereocenters. The fourth-order valence-corrected chi connectivity index (χ4v) is 6.80. The molecule has 1 aliphatic heterocycles. The van der Waals surface area contributed by atoms with Crippen LogP contribution in [0.3, 0.4) is 0 Å². The molecule has 0 unspecified atom stereocenters. The number of rotatable bonds is 11. The van der Waals surface area contributed by atoms with Gasteiger partial charge in [0.2, 0.25) is 10.0 Å². The number of anilines is 1. The Hall–Kier alpha value is -3.69. The fraction of sp³-hybridized carbons (Fsp3) is 0.385. The van der Waals surface area contributed by atoms with Gasteiger partial charge in [-0.05, 0) is 30.3 Å². The van der Waals surface area contributed by atoms with Crippen molar-refractivity contribution in [1.82, 2.24) is 19.5 Å². The Balaban J connectivity index is 1.26. The van der Waals surface area contributed by atoms with Crippen molar-refractivity contribution >= 4 is 42.6 Å². The van der Waals surface area contributed by atoms with Gasteiger partial charge >= 0.3 is 0 Å². The van der Waals surface area contributed by atoms with Crippen molar-refractivity contribution in [3.8, 4) is 12.1 Å². The highest BCUT2D eigenvalue weighted by Gasteiger charge is 2.24. The van der Waals surface area contributed by atoms with Crippen LogP contribution < -0.4 is 10.2 Å². The number of benzene rings is 2. The predicted octanol–water partition coefficient (Wildman–Crippen LogP) is 2.94. The molecule has 1 aromatic heterocycles. The number of nitrogens with zero attached hydrogens (tertiary/aromatic N) is 6. The second-order valence-electron chi connectivity index (χ2n) is 9.06. The Kier molecular flexibility index (Phi) is 9.60. The number of piperazine rings is 1. The van der Waals surface area contributed by atoms with E-state index < -0.39 is 21.7 Å². The van der Waals surface area contributed by atoms with Crippen molar-refractivity contribution in [3.05, 3.63) is 53.6 Å².